The van der Waals surface area contributed by atoms with E-state index in [0.717, 1.165) is 10.2 Å². The molecule has 0 unspecified atom stereocenters. The molecule has 2 heterocycles. The lowest BCUT2D eigenvalue weighted by atomic mass is 10.1. The summed E-state index contributed by atoms with van der Waals surface area (Å²) in [7, 11) is 0. The van der Waals surface area contributed by atoms with E-state index in [-0.39, 0.29) is 17.3 Å². The van der Waals surface area contributed by atoms with E-state index >= 15 is 0 Å². The van der Waals surface area contributed by atoms with E-state index in [1.165, 1.54) is 6.21 Å². The van der Waals surface area contributed by atoms with Gasteiger partial charge < -0.3 is 15.2 Å². The molecule has 0 spiro atoms. The number of carbonyl (C=O) groups is 1. The third-order valence-electron chi connectivity index (χ3n) is 5.58. The average Bonchev–Trinajstić information content (AvgIpc) is 3.60. The number of nitrogens with zero attached hydrogens (tertiary/aromatic N) is 6. The SMILES string of the molecule is CCOc1cc(C=NNC(=O)c2c(-c3ccccc3)nnn2-c2nonc2N)ccc1OCc1ccc(Cl)cc1. The number of rotatable bonds is 10. The maximum absolute atomic E-state index is 13.3. The van der Waals surface area contributed by atoms with Crippen molar-refractivity contribution in [3.8, 4) is 28.6 Å². The highest BCUT2D eigenvalue weighted by Gasteiger charge is 2.25. The summed E-state index contributed by atoms with van der Waals surface area (Å²) in [5, 5.41) is 20.3. The van der Waals surface area contributed by atoms with E-state index in [4.69, 9.17) is 26.8 Å². The molecular formula is C27H23ClN8O4. The van der Waals surface area contributed by atoms with Gasteiger partial charge in [0.25, 0.3) is 5.91 Å². The average molecular weight is 559 g/mol. The number of ether oxygens (including phenoxy) is 2. The van der Waals surface area contributed by atoms with Gasteiger partial charge in [-0.2, -0.15) is 9.78 Å². The molecule has 2 aromatic heterocycles. The van der Waals surface area contributed by atoms with Crippen LogP contribution in [0.4, 0.5) is 5.82 Å². The number of carbonyl (C=O) groups excluding carboxylic acids is 1. The number of anilines is 1. The molecule has 0 atom stereocenters. The molecule has 13 heteroatoms. The van der Waals surface area contributed by atoms with Crippen molar-refractivity contribution in [2.45, 2.75) is 13.5 Å². The summed E-state index contributed by atoms with van der Waals surface area (Å²) in [6, 6.07) is 21.8. The Kier molecular flexibility index (Phi) is 7.97. The van der Waals surface area contributed by atoms with E-state index in [9.17, 15) is 4.79 Å². The number of nitrogens with two attached hydrogens (primary N) is 1. The second kappa shape index (κ2) is 12.1. The van der Waals surface area contributed by atoms with Gasteiger partial charge in [-0.25, -0.2) is 10.1 Å². The van der Waals surface area contributed by atoms with E-state index in [2.05, 4.69) is 35.8 Å². The molecule has 1 amide bonds. The molecule has 0 aliphatic rings. The first-order valence-corrected chi connectivity index (χ1v) is 12.5. The van der Waals surface area contributed by atoms with Crippen LogP contribution < -0.4 is 20.6 Å². The quantitative estimate of drug-likeness (QED) is 0.188. The summed E-state index contributed by atoms with van der Waals surface area (Å²) in [6.07, 6.45) is 1.48. The number of hydrogen-bond acceptors (Lipinski definition) is 10. The van der Waals surface area contributed by atoms with Gasteiger partial charge in [-0.15, -0.1) is 5.10 Å². The zero-order valence-electron chi connectivity index (χ0n) is 21.2. The maximum atomic E-state index is 13.3. The van der Waals surface area contributed by atoms with Crippen molar-refractivity contribution in [2.24, 2.45) is 5.10 Å². The molecule has 0 aliphatic carbocycles. The van der Waals surface area contributed by atoms with E-state index < -0.39 is 5.91 Å². The van der Waals surface area contributed by atoms with Crippen LogP contribution in [0.1, 0.15) is 28.5 Å². The van der Waals surface area contributed by atoms with E-state index in [0.29, 0.717) is 46.6 Å². The highest BCUT2D eigenvalue weighted by atomic mass is 35.5. The Morgan fingerprint density at radius 2 is 1.88 bits per heavy atom. The largest absolute Gasteiger partial charge is 0.490 e. The number of nitrogens with one attached hydrogen (secondary N) is 1. The summed E-state index contributed by atoms with van der Waals surface area (Å²) in [5.41, 5.74) is 11.0. The Morgan fingerprint density at radius 3 is 2.60 bits per heavy atom. The third-order valence-corrected chi connectivity index (χ3v) is 5.84. The molecule has 202 valence electrons. The van der Waals surface area contributed by atoms with Crippen LogP contribution in [0, 0.1) is 0 Å². The third kappa shape index (κ3) is 5.92. The van der Waals surface area contributed by atoms with Gasteiger partial charge in [0.2, 0.25) is 11.6 Å². The predicted octanol–water partition coefficient (Wildman–Crippen LogP) is 4.29. The highest BCUT2D eigenvalue weighted by Crippen LogP contribution is 2.29. The minimum atomic E-state index is -0.601. The van der Waals surface area contributed by atoms with Gasteiger partial charge in [-0.05, 0) is 58.7 Å². The van der Waals surface area contributed by atoms with Crippen LogP contribution in [-0.2, 0) is 6.61 Å². The van der Waals surface area contributed by atoms with Gasteiger partial charge in [-0.3, -0.25) is 4.79 Å². The second-order valence-corrected chi connectivity index (χ2v) is 8.73. The smallest absolute Gasteiger partial charge is 0.292 e. The molecule has 0 saturated heterocycles. The summed E-state index contributed by atoms with van der Waals surface area (Å²) in [6.45, 7) is 2.66. The summed E-state index contributed by atoms with van der Waals surface area (Å²) in [4.78, 5) is 13.3. The number of aromatic nitrogens is 5. The molecule has 3 N–H and O–H groups in total. The monoisotopic (exact) mass is 558 g/mol. The maximum Gasteiger partial charge on any atom is 0.292 e. The Bertz CT molecular complexity index is 1630. The number of hydrazone groups is 1. The van der Waals surface area contributed by atoms with Crippen molar-refractivity contribution < 1.29 is 18.9 Å². The Labute approximate surface area is 233 Å². The number of benzene rings is 3. The van der Waals surface area contributed by atoms with Crippen LogP contribution in [0.3, 0.4) is 0 Å². The second-order valence-electron chi connectivity index (χ2n) is 8.29. The van der Waals surface area contributed by atoms with Gasteiger partial charge in [0.05, 0.1) is 12.8 Å². The Morgan fingerprint density at radius 1 is 1.07 bits per heavy atom. The molecule has 0 saturated carbocycles. The fourth-order valence-electron chi connectivity index (χ4n) is 3.71. The van der Waals surface area contributed by atoms with Crippen LogP contribution >= 0.6 is 11.6 Å². The molecule has 5 rings (SSSR count). The lowest BCUT2D eigenvalue weighted by Crippen LogP contribution is -2.22. The Hall–Kier alpha value is -5.23. The normalized spacial score (nSPS) is 11.1. The van der Waals surface area contributed by atoms with Crippen LogP contribution in [0.2, 0.25) is 5.02 Å². The minimum absolute atomic E-state index is 0.0272. The number of amides is 1. The topological polar surface area (TPSA) is 156 Å². The molecule has 12 nitrogen and oxygen atoms in total. The Balaban J connectivity index is 1.35. The predicted molar refractivity (Wildman–Crippen MR) is 148 cm³/mol. The van der Waals surface area contributed by atoms with Crippen molar-refractivity contribution in [2.75, 3.05) is 12.3 Å². The molecule has 0 radical (unpaired) electrons. The summed E-state index contributed by atoms with van der Waals surface area (Å²) in [5.74, 6) is 0.479. The standard InChI is InChI=1S/C27H23ClN8O4/c1-2-38-22-14-18(10-13-21(22)39-16-17-8-11-20(28)12-9-17)15-30-32-27(37)24-23(19-6-4-3-5-7-19)31-35-36(24)26-25(29)33-40-34-26/h3-15H,2,16H2,1H3,(H2,29,33)(H,32,37). The van der Waals surface area contributed by atoms with Gasteiger partial charge in [0.1, 0.15) is 12.3 Å². The van der Waals surface area contributed by atoms with Crippen LogP contribution in [-0.4, -0.2) is 44.0 Å². The van der Waals surface area contributed by atoms with Gasteiger partial charge in [-0.1, -0.05) is 59.3 Å². The first kappa shape index (κ1) is 26.4. The zero-order chi connectivity index (χ0) is 27.9. The molecular weight excluding hydrogens is 536 g/mol. The van der Waals surface area contributed by atoms with Gasteiger partial charge in [0.15, 0.2) is 17.2 Å². The van der Waals surface area contributed by atoms with E-state index in [1.54, 1.807) is 42.5 Å². The van der Waals surface area contributed by atoms with Gasteiger partial charge >= 0.3 is 0 Å². The fourth-order valence-corrected chi connectivity index (χ4v) is 3.84. The lowest BCUT2D eigenvalue weighted by Gasteiger charge is -2.12. The zero-order valence-corrected chi connectivity index (χ0v) is 21.9. The molecule has 0 aliphatic heterocycles. The van der Waals surface area contributed by atoms with Crippen molar-refractivity contribution >= 4 is 29.5 Å². The number of hydrogen-bond donors (Lipinski definition) is 2. The minimum Gasteiger partial charge on any atom is -0.490 e. The lowest BCUT2D eigenvalue weighted by molar-refractivity contribution is 0.0947. The van der Waals surface area contributed by atoms with Crippen molar-refractivity contribution in [1.82, 2.24) is 30.7 Å². The summed E-state index contributed by atoms with van der Waals surface area (Å²) >= 11 is 5.96. The molecule has 0 fully saturated rings. The van der Waals surface area contributed by atoms with Crippen molar-refractivity contribution in [3.63, 3.8) is 0 Å². The molecule has 5 aromatic rings. The van der Waals surface area contributed by atoms with Crippen LogP contribution in [0.15, 0.2) is 82.5 Å². The van der Waals surface area contributed by atoms with Crippen molar-refractivity contribution in [1.29, 1.82) is 0 Å². The van der Waals surface area contributed by atoms with E-state index in [1.807, 2.05) is 37.3 Å². The highest BCUT2D eigenvalue weighted by molar-refractivity contribution is 6.30. The van der Waals surface area contributed by atoms with Crippen molar-refractivity contribution in [3.05, 3.63) is 94.6 Å². The first-order valence-electron chi connectivity index (χ1n) is 12.1. The summed E-state index contributed by atoms with van der Waals surface area (Å²) < 4.78 is 17.5. The van der Waals surface area contributed by atoms with Crippen LogP contribution in [0.5, 0.6) is 11.5 Å². The molecule has 40 heavy (non-hydrogen) atoms. The molecule has 3 aromatic carbocycles. The molecule has 0 bridgehead atoms. The number of halogens is 1. The van der Waals surface area contributed by atoms with Crippen LogP contribution in [0.25, 0.3) is 17.1 Å². The first-order chi connectivity index (χ1) is 19.5. The number of nitrogen functional groups attached to an aromatic ring is 1. The fraction of sp³-hybridized carbons (Fsp3) is 0.111. The van der Waals surface area contributed by atoms with Gasteiger partial charge in [0, 0.05) is 10.6 Å².